The second kappa shape index (κ2) is 13.2. The summed E-state index contributed by atoms with van der Waals surface area (Å²) in [5.74, 6) is 0.815. The van der Waals surface area contributed by atoms with E-state index in [-0.39, 0.29) is 17.9 Å². The number of halogens is 2. The van der Waals surface area contributed by atoms with Gasteiger partial charge in [-0.2, -0.15) is 4.98 Å². The van der Waals surface area contributed by atoms with E-state index >= 15 is 0 Å². The first-order chi connectivity index (χ1) is 21.0. The molecule has 10 heteroatoms. The highest BCUT2D eigenvalue weighted by Crippen LogP contribution is 2.41. The Morgan fingerprint density at radius 2 is 1.79 bits per heavy atom. The lowest BCUT2D eigenvalue weighted by molar-refractivity contribution is -0.146. The second-order valence-corrected chi connectivity index (χ2v) is 12.1. The summed E-state index contributed by atoms with van der Waals surface area (Å²) < 4.78 is 28.4. The van der Waals surface area contributed by atoms with E-state index in [9.17, 15) is 9.18 Å². The molecule has 0 radical (unpaired) electrons. The molecule has 43 heavy (non-hydrogen) atoms. The number of aromatic nitrogens is 3. The van der Waals surface area contributed by atoms with E-state index in [1.165, 1.54) is 17.8 Å². The molecule has 1 aromatic heterocycles. The minimum atomic E-state index is -0.649. The van der Waals surface area contributed by atoms with Crippen molar-refractivity contribution in [1.82, 2.24) is 14.8 Å². The number of esters is 1. The molecule has 2 heterocycles. The molecule has 0 saturated heterocycles. The van der Waals surface area contributed by atoms with Crippen LogP contribution < -0.4 is 10.1 Å². The Bertz CT molecular complexity index is 1640. The van der Waals surface area contributed by atoms with Gasteiger partial charge < -0.3 is 14.8 Å². The van der Waals surface area contributed by atoms with E-state index in [1.54, 1.807) is 22.9 Å². The predicted octanol–water partition coefficient (Wildman–Crippen LogP) is 8.11. The quantitative estimate of drug-likeness (QED) is 0.150. The van der Waals surface area contributed by atoms with Crippen LogP contribution in [0.25, 0.3) is 0 Å². The molecule has 0 amide bonds. The number of para-hydroxylation sites is 1. The van der Waals surface area contributed by atoms with Crippen LogP contribution in [-0.4, -0.2) is 26.8 Å². The third-order valence-electron chi connectivity index (χ3n) is 7.71. The van der Waals surface area contributed by atoms with Crippen molar-refractivity contribution in [2.75, 3.05) is 5.32 Å². The lowest BCUT2D eigenvalue weighted by Crippen LogP contribution is -2.32. The van der Waals surface area contributed by atoms with E-state index < -0.39 is 6.04 Å². The Kier molecular flexibility index (Phi) is 9.00. The maximum absolute atomic E-state index is 14.3. The number of nitrogens with one attached hydrogen (secondary N) is 1. The molecule has 1 N–H and O–H groups in total. The molecule has 1 aliphatic heterocycles. The summed E-state index contributed by atoms with van der Waals surface area (Å²) in [6.45, 7) is 2.17. The van der Waals surface area contributed by atoms with Gasteiger partial charge in [0.25, 0.3) is 0 Å². The van der Waals surface area contributed by atoms with Crippen LogP contribution in [0.3, 0.4) is 0 Å². The monoisotopic (exact) mass is 618 g/mol. The lowest BCUT2D eigenvalue weighted by atomic mass is 9.94. The molecule has 3 aromatic carbocycles. The molecule has 0 bridgehead atoms. The van der Waals surface area contributed by atoms with E-state index in [4.69, 9.17) is 31.2 Å². The van der Waals surface area contributed by atoms with Crippen LogP contribution in [0, 0.1) is 5.82 Å². The minimum Gasteiger partial charge on any atom is -0.489 e. The summed E-state index contributed by atoms with van der Waals surface area (Å²) in [5.41, 5.74) is 3.38. The number of allylic oxidation sites excluding steroid dienone is 1. The molecular formula is C33H32ClFN4O3S. The molecule has 2 aliphatic rings. The van der Waals surface area contributed by atoms with Gasteiger partial charge in [0.1, 0.15) is 30.3 Å². The smallest absolute Gasteiger partial charge is 0.338 e. The van der Waals surface area contributed by atoms with Gasteiger partial charge in [0.2, 0.25) is 11.1 Å². The zero-order valence-corrected chi connectivity index (χ0v) is 25.3. The largest absolute Gasteiger partial charge is 0.489 e. The first-order valence-electron chi connectivity index (χ1n) is 14.4. The molecule has 222 valence electrons. The first kappa shape index (κ1) is 29.3. The van der Waals surface area contributed by atoms with Crippen molar-refractivity contribution in [3.63, 3.8) is 0 Å². The molecule has 1 saturated carbocycles. The highest BCUT2D eigenvalue weighted by atomic mass is 35.5. The van der Waals surface area contributed by atoms with Gasteiger partial charge in [0.15, 0.2) is 0 Å². The minimum absolute atomic E-state index is 0.109. The number of fused-ring (bicyclic) bond motifs is 1. The summed E-state index contributed by atoms with van der Waals surface area (Å²) in [6.07, 6.45) is 4.88. The van der Waals surface area contributed by atoms with Crippen molar-refractivity contribution in [3.05, 3.63) is 112 Å². The number of anilines is 1. The molecular weight excluding hydrogens is 587 g/mol. The number of carbonyl (C=O) groups is 1. The van der Waals surface area contributed by atoms with Crippen LogP contribution in [0.1, 0.15) is 61.8 Å². The number of nitrogens with zero attached hydrogens (tertiary/aromatic N) is 3. The first-order valence-corrected chi connectivity index (χ1v) is 15.8. The average molecular weight is 619 g/mol. The number of rotatable bonds is 9. The van der Waals surface area contributed by atoms with E-state index in [1.807, 2.05) is 55.5 Å². The number of ether oxygens (including phenoxy) is 2. The van der Waals surface area contributed by atoms with Crippen molar-refractivity contribution in [2.45, 2.75) is 68.7 Å². The standard InChI is InChI=1S/C33H32ClFN4O3S/c1-21-29(31(40)42-25-10-3-2-4-11-25)30(26-12-6-8-14-28(26)41-19-22-15-17-24(34)18-16-22)39-32(36-21)37-33(38-39)43-20-23-9-5-7-13-27(23)35/h5-9,12-18,25,30H,2-4,10-11,19-20H2,1H3,(H,36,37,38). The van der Waals surface area contributed by atoms with Gasteiger partial charge in [-0.05, 0) is 68.0 Å². The maximum atomic E-state index is 14.3. The number of hydrogen-bond acceptors (Lipinski definition) is 7. The Morgan fingerprint density at radius 3 is 2.58 bits per heavy atom. The van der Waals surface area contributed by atoms with Crippen LogP contribution in [0.2, 0.25) is 5.02 Å². The number of thioether (sulfide) groups is 1. The van der Waals surface area contributed by atoms with E-state index in [2.05, 4.69) is 5.32 Å². The fourth-order valence-electron chi connectivity index (χ4n) is 5.48. The Morgan fingerprint density at radius 1 is 1.05 bits per heavy atom. The van der Waals surface area contributed by atoms with Gasteiger partial charge >= 0.3 is 5.97 Å². The SMILES string of the molecule is CC1=C(C(=O)OC2CCCCC2)C(c2ccccc2OCc2ccc(Cl)cc2)n2nc(SCc3ccccc3F)nc2N1. The second-order valence-electron chi connectivity index (χ2n) is 10.7. The van der Waals surface area contributed by atoms with Crippen molar-refractivity contribution >= 4 is 35.3 Å². The fraction of sp³-hybridized carbons (Fsp3) is 0.303. The van der Waals surface area contributed by atoms with Gasteiger partial charge in [0.05, 0.1) is 5.57 Å². The number of carbonyl (C=O) groups excluding carboxylic acids is 1. The van der Waals surface area contributed by atoms with Crippen LogP contribution in [0.15, 0.2) is 89.2 Å². The summed E-state index contributed by atoms with van der Waals surface area (Å²) in [7, 11) is 0. The fourth-order valence-corrected chi connectivity index (χ4v) is 6.42. The summed E-state index contributed by atoms with van der Waals surface area (Å²) in [6, 6.07) is 21.1. The molecule has 1 atom stereocenters. The molecule has 1 fully saturated rings. The lowest BCUT2D eigenvalue weighted by Gasteiger charge is -2.30. The zero-order valence-electron chi connectivity index (χ0n) is 23.8. The molecule has 7 nitrogen and oxygen atoms in total. The molecule has 0 spiro atoms. The molecule has 4 aromatic rings. The van der Waals surface area contributed by atoms with E-state index in [0.717, 1.165) is 43.2 Å². The highest BCUT2D eigenvalue weighted by molar-refractivity contribution is 7.98. The summed E-state index contributed by atoms with van der Waals surface area (Å²) in [5, 5.41) is 9.19. The normalized spacial score (nSPS) is 16.9. The summed E-state index contributed by atoms with van der Waals surface area (Å²) >= 11 is 7.40. The van der Waals surface area contributed by atoms with Crippen molar-refractivity contribution in [2.24, 2.45) is 0 Å². The van der Waals surface area contributed by atoms with Crippen molar-refractivity contribution in [3.8, 4) is 5.75 Å². The van der Waals surface area contributed by atoms with Crippen LogP contribution >= 0.6 is 23.4 Å². The number of benzene rings is 3. The topological polar surface area (TPSA) is 78.3 Å². The van der Waals surface area contributed by atoms with Crippen LogP contribution in [-0.2, 0) is 21.9 Å². The summed E-state index contributed by atoms with van der Waals surface area (Å²) in [4.78, 5) is 18.6. The Hall–Kier alpha value is -3.82. The van der Waals surface area contributed by atoms with Gasteiger partial charge in [0, 0.05) is 22.0 Å². The molecule has 6 rings (SSSR count). The van der Waals surface area contributed by atoms with Gasteiger partial charge in [-0.1, -0.05) is 78.3 Å². The van der Waals surface area contributed by atoms with Gasteiger partial charge in [-0.15, -0.1) is 5.10 Å². The van der Waals surface area contributed by atoms with Gasteiger partial charge in [-0.25, -0.2) is 13.9 Å². The third kappa shape index (κ3) is 6.73. The predicted molar refractivity (Wildman–Crippen MR) is 166 cm³/mol. The number of hydrogen-bond donors (Lipinski definition) is 1. The Labute approximate surface area is 259 Å². The van der Waals surface area contributed by atoms with Crippen LogP contribution in [0.5, 0.6) is 5.75 Å². The van der Waals surface area contributed by atoms with Crippen LogP contribution in [0.4, 0.5) is 10.3 Å². The molecule has 1 unspecified atom stereocenters. The Balaban J connectivity index is 1.34. The van der Waals surface area contributed by atoms with Crippen molar-refractivity contribution < 1.29 is 18.7 Å². The van der Waals surface area contributed by atoms with Gasteiger partial charge in [-0.3, -0.25) is 0 Å². The maximum Gasteiger partial charge on any atom is 0.338 e. The van der Waals surface area contributed by atoms with Crippen molar-refractivity contribution in [1.29, 1.82) is 0 Å². The zero-order chi connectivity index (χ0) is 29.8. The molecule has 1 aliphatic carbocycles. The average Bonchev–Trinajstić information content (AvgIpc) is 3.42. The third-order valence-corrected chi connectivity index (χ3v) is 8.85. The highest BCUT2D eigenvalue weighted by Gasteiger charge is 2.38. The van der Waals surface area contributed by atoms with E-state index in [0.29, 0.717) is 51.1 Å².